The van der Waals surface area contributed by atoms with Crippen LogP contribution in [0.15, 0.2) is 53.4 Å². The largest absolute Gasteiger partial charge is 0.392 e. The van der Waals surface area contributed by atoms with E-state index in [-0.39, 0.29) is 23.8 Å². The van der Waals surface area contributed by atoms with Gasteiger partial charge in [0, 0.05) is 26.1 Å². The van der Waals surface area contributed by atoms with Crippen molar-refractivity contribution in [1.82, 2.24) is 9.21 Å². The minimum atomic E-state index is -4.02. The lowest BCUT2D eigenvalue weighted by atomic mass is 9.99. The van der Waals surface area contributed by atoms with Gasteiger partial charge in [-0.15, -0.1) is 0 Å². The second-order valence-corrected chi connectivity index (χ2v) is 9.10. The third-order valence-electron chi connectivity index (χ3n) is 5.38. The average molecular weight is 404 g/mol. The van der Waals surface area contributed by atoms with Gasteiger partial charge in [0.05, 0.1) is 11.0 Å². The minimum absolute atomic E-state index is 0.0530. The number of halogens is 1. The second-order valence-electron chi connectivity index (χ2n) is 7.21. The summed E-state index contributed by atoms with van der Waals surface area (Å²) in [4.78, 5) is 14.7. The van der Waals surface area contributed by atoms with E-state index >= 15 is 0 Å². The summed E-state index contributed by atoms with van der Waals surface area (Å²) in [5, 5.41) is 10.1. The zero-order valence-corrected chi connectivity index (χ0v) is 16.0. The van der Waals surface area contributed by atoms with Crippen molar-refractivity contribution in [1.29, 1.82) is 0 Å². The fourth-order valence-electron chi connectivity index (χ4n) is 3.91. The number of carbonyl (C=O) groups is 1. The molecule has 8 heteroatoms. The summed E-state index contributed by atoms with van der Waals surface area (Å²) in [7, 11) is -4.02. The third-order valence-corrected chi connectivity index (χ3v) is 7.27. The van der Waals surface area contributed by atoms with Gasteiger partial charge in [-0.3, -0.25) is 4.79 Å². The van der Waals surface area contributed by atoms with Gasteiger partial charge >= 0.3 is 0 Å². The quantitative estimate of drug-likeness (QED) is 0.842. The average Bonchev–Trinajstić information content (AvgIpc) is 3.10. The van der Waals surface area contributed by atoms with Crippen LogP contribution in [0.2, 0.25) is 0 Å². The number of nitrogens with zero attached hydrogens (tertiary/aromatic N) is 2. The Hall–Kier alpha value is -2.29. The van der Waals surface area contributed by atoms with Crippen LogP contribution >= 0.6 is 0 Å². The molecule has 1 amide bonds. The molecule has 2 aromatic rings. The Morgan fingerprint density at radius 3 is 2.46 bits per heavy atom. The van der Waals surface area contributed by atoms with Gasteiger partial charge in [0.1, 0.15) is 11.9 Å². The fraction of sp³-hybridized carbons (Fsp3) is 0.350. The van der Waals surface area contributed by atoms with E-state index in [4.69, 9.17) is 0 Å². The fourth-order valence-corrected chi connectivity index (χ4v) is 5.54. The SMILES string of the molecule is O=C(C1CC(O)CN1S(=O)(=O)c1ccc(F)cc1)N1CCc2ccccc2C1. The lowest BCUT2D eigenvalue weighted by molar-refractivity contribution is -0.135. The molecular weight excluding hydrogens is 383 g/mol. The Morgan fingerprint density at radius 2 is 1.75 bits per heavy atom. The first-order valence-electron chi connectivity index (χ1n) is 9.17. The predicted octanol–water partition coefficient (Wildman–Crippen LogP) is 1.53. The van der Waals surface area contributed by atoms with Crippen LogP contribution in [0.4, 0.5) is 4.39 Å². The van der Waals surface area contributed by atoms with E-state index in [0.29, 0.717) is 19.5 Å². The smallest absolute Gasteiger partial charge is 0.243 e. The van der Waals surface area contributed by atoms with E-state index in [1.54, 1.807) is 4.90 Å². The molecule has 2 aliphatic heterocycles. The number of benzene rings is 2. The number of sulfonamides is 1. The van der Waals surface area contributed by atoms with Crippen LogP contribution in [-0.2, 0) is 27.8 Å². The number of fused-ring (bicyclic) bond motifs is 1. The highest BCUT2D eigenvalue weighted by molar-refractivity contribution is 7.89. The molecule has 1 N–H and O–H groups in total. The molecule has 0 aromatic heterocycles. The van der Waals surface area contributed by atoms with E-state index in [2.05, 4.69) is 0 Å². The Balaban J connectivity index is 1.59. The van der Waals surface area contributed by atoms with Crippen LogP contribution in [-0.4, -0.2) is 53.9 Å². The maximum absolute atomic E-state index is 13.2. The highest BCUT2D eigenvalue weighted by Crippen LogP contribution is 2.29. The lowest BCUT2D eigenvalue weighted by Gasteiger charge is -2.33. The standard InChI is InChI=1S/C20H21FN2O4S/c21-16-5-7-18(8-6-16)28(26,27)23-13-17(24)11-19(23)20(25)22-10-9-14-3-1-2-4-15(14)12-22/h1-8,17,19,24H,9-13H2. The van der Waals surface area contributed by atoms with Crippen LogP contribution in [0.25, 0.3) is 0 Å². The lowest BCUT2D eigenvalue weighted by Crippen LogP contribution is -2.49. The summed E-state index contributed by atoms with van der Waals surface area (Å²) in [6.45, 7) is 0.777. The summed E-state index contributed by atoms with van der Waals surface area (Å²) in [6.07, 6.45) is -0.152. The van der Waals surface area contributed by atoms with E-state index in [1.807, 2.05) is 24.3 Å². The summed E-state index contributed by atoms with van der Waals surface area (Å²) in [6, 6.07) is 11.4. The zero-order chi connectivity index (χ0) is 19.9. The molecule has 0 bridgehead atoms. The highest BCUT2D eigenvalue weighted by atomic mass is 32.2. The van der Waals surface area contributed by atoms with Gasteiger partial charge in [0.15, 0.2) is 0 Å². The molecule has 2 unspecified atom stereocenters. The summed E-state index contributed by atoms with van der Waals surface area (Å²) in [5.41, 5.74) is 2.24. The highest BCUT2D eigenvalue weighted by Gasteiger charge is 2.45. The molecule has 0 aliphatic carbocycles. The van der Waals surface area contributed by atoms with Crippen molar-refractivity contribution >= 4 is 15.9 Å². The number of hydrogen-bond acceptors (Lipinski definition) is 4. The molecule has 2 aromatic carbocycles. The monoisotopic (exact) mass is 404 g/mol. The van der Waals surface area contributed by atoms with Gasteiger partial charge in [-0.2, -0.15) is 4.31 Å². The Morgan fingerprint density at radius 1 is 1.07 bits per heavy atom. The van der Waals surface area contributed by atoms with E-state index in [9.17, 15) is 22.7 Å². The summed E-state index contributed by atoms with van der Waals surface area (Å²) < 4.78 is 40.2. The van der Waals surface area contributed by atoms with Crippen molar-refractivity contribution in [3.05, 3.63) is 65.5 Å². The number of aliphatic hydroxyl groups excluding tert-OH is 1. The molecule has 1 fully saturated rings. The predicted molar refractivity (Wildman–Crippen MR) is 100 cm³/mol. The normalized spacial score (nSPS) is 22.9. The van der Waals surface area contributed by atoms with Crippen LogP contribution in [0.1, 0.15) is 17.5 Å². The molecule has 0 saturated carbocycles. The van der Waals surface area contributed by atoms with Crippen LogP contribution in [0, 0.1) is 5.82 Å². The molecule has 2 heterocycles. The molecule has 2 aliphatic rings. The number of carbonyl (C=O) groups excluding carboxylic acids is 1. The third kappa shape index (κ3) is 3.43. The molecule has 148 valence electrons. The second kappa shape index (κ2) is 7.27. The van der Waals surface area contributed by atoms with Crippen molar-refractivity contribution in [2.75, 3.05) is 13.1 Å². The topological polar surface area (TPSA) is 77.9 Å². The molecule has 4 rings (SSSR count). The van der Waals surface area contributed by atoms with Crippen LogP contribution in [0.3, 0.4) is 0 Å². The molecule has 6 nitrogen and oxygen atoms in total. The molecule has 0 radical (unpaired) electrons. The van der Waals surface area contributed by atoms with E-state index in [0.717, 1.165) is 22.0 Å². The summed E-state index contributed by atoms with van der Waals surface area (Å²) >= 11 is 0. The number of β-amino-alcohol motifs (C(OH)–C–C–N with tert-alkyl or cyclic N) is 1. The van der Waals surface area contributed by atoms with Crippen molar-refractivity contribution in [3.63, 3.8) is 0 Å². The van der Waals surface area contributed by atoms with Gasteiger partial charge in [-0.25, -0.2) is 12.8 Å². The first-order valence-corrected chi connectivity index (χ1v) is 10.6. The van der Waals surface area contributed by atoms with E-state index in [1.165, 1.54) is 17.7 Å². The van der Waals surface area contributed by atoms with Crippen molar-refractivity contribution in [2.45, 2.75) is 36.4 Å². The molecular formula is C20H21FN2O4S. The van der Waals surface area contributed by atoms with Crippen molar-refractivity contribution < 1.29 is 22.7 Å². The van der Waals surface area contributed by atoms with Crippen molar-refractivity contribution in [2.24, 2.45) is 0 Å². The Labute approximate surface area is 163 Å². The van der Waals surface area contributed by atoms with Crippen LogP contribution in [0.5, 0.6) is 0 Å². The number of hydrogen-bond donors (Lipinski definition) is 1. The van der Waals surface area contributed by atoms with E-state index < -0.39 is 28.0 Å². The van der Waals surface area contributed by atoms with Gasteiger partial charge in [-0.1, -0.05) is 24.3 Å². The van der Waals surface area contributed by atoms with Crippen molar-refractivity contribution in [3.8, 4) is 0 Å². The molecule has 28 heavy (non-hydrogen) atoms. The number of rotatable bonds is 3. The Bertz CT molecular complexity index is 994. The Kier molecular flexibility index (Phi) is 4.95. The number of amides is 1. The zero-order valence-electron chi connectivity index (χ0n) is 15.2. The van der Waals surface area contributed by atoms with Gasteiger partial charge in [0.25, 0.3) is 0 Å². The minimum Gasteiger partial charge on any atom is -0.392 e. The maximum atomic E-state index is 13.2. The summed E-state index contributed by atoms with van der Waals surface area (Å²) in [5.74, 6) is -0.850. The first kappa shape index (κ1) is 19.0. The molecule has 2 atom stereocenters. The van der Waals surface area contributed by atoms with Crippen LogP contribution < -0.4 is 0 Å². The van der Waals surface area contributed by atoms with Gasteiger partial charge in [0.2, 0.25) is 15.9 Å². The van der Waals surface area contributed by atoms with Gasteiger partial charge in [-0.05, 0) is 41.8 Å². The molecule has 1 saturated heterocycles. The maximum Gasteiger partial charge on any atom is 0.243 e. The first-order chi connectivity index (χ1) is 13.4. The molecule has 0 spiro atoms. The number of aliphatic hydroxyl groups is 1. The van der Waals surface area contributed by atoms with Gasteiger partial charge < -0.3 is 10.0 Å².